The molecule has 1 aromatic heterocycles. The van der Waals surface area contributed by atoms with Crippen molar-refractivity contribution in [2.75, 3.05) is 13.7 Å². The summed E-state index contributed by atoms with van der Waals surface area (Å²) >= 11 is 0. The third-order valence-electron chi connectivity index (χ3n) is 6.49. The Kier molecular flexibility index (Phi) is 6.64. The van der Waals surface area contributed by atoms with Crippen molar-refractivity contribution >= 4 is 0 Å². The van der Waals surface area contributed by atoms with Crippen molar-refractivity contribution < 1.29 is 35.8 Å². The van der Waals surface area contributed by atoms with Crippen LogP contribution in [0.5, 0.6) is 0 Å². The molecule has 2 fully saturated rings. The molecule has 2 aromatic rings. The van der Waals surface area contributed by atoms with Gasteiger partial charge in [0, 0.05) is 24.6 Å². The Morgan fingerprint density at radius 1 is 1.09 bits per heavy atom. The number of methoxy groups -OCH3 is 1. The Bertz CT molecular complexity index is 978. The molecule has 2 bridgehead atoms. The first-order valence-corrected chi connectivity index (χ1v) is 10.8. The zero-order valence-electron chi connectivity index (χ0n) is 18.6. The number of fused-ring (bicyclic) bond motifs is 2. The van der Waals surface area contributed by atoms with Crippen LogP contribution in [0.15, 0.2) is 18.2 Å². The summed E-state index contributed by atoms with van der Waals surface area (Å²) in [6.45, 7) is 2.48. The zero-order chi connectivity index (χ0) is 24.7. The maximum atomic E-state index is 13.1. The number of ether oxygens (including phenoxy) is 2. The molecule has 4 unspecified atom stereocenters. The van der Waals surface area contributed by atoms with Crippen LogP contribution >= 0.6 is 0 Å². The Labute approximate surface area is 191 Å². The molecular weight excluding hydrogens is 468 g/mol. The van der Waals surface area contributed by atoms with Crippen LogP contribution in [0.3, 0.4) is 0 Å². The number of tetrazole rings is 1. The van der Waals surface area contributed by atoms with Crippen molar-refractivity contribution in [1.29, 1.82) is 0 Å². The maximum absolute atomic E-state index is 13.1. The fraction of sp³-hybridized carbons (Fsp3) is 0.667. The molecule has 0 radical (unpaired) electrons. The topological polar surface area (TPSA) is 74.1 Å². The first-order valence-electron chi connectivity index (χ1n) is 10.8. The minimum absolute atomic E-state index is 0.0275. The predicted molar refractivity (Wildman–Crippen MR) is 107 cm³/mol. The standard InChI is InChI=1S/C21H25F6N5O2/c1-19-10-15(18-29-31-32(30-18)5-6-33-2)16(28-19)3-4-17(19)34-11-12-7-13(20(22,23)24)9-14(8-12)21(25,26)27/h7-9,15-17,28H,3-6,10-11H2,1-2H3. The van der Waals surface area contributed by atoms with Gasteiger partial charge in [0.15, 0.2) is 5.82 Å². The van der Waals surface area contributed by atoms with Gasteiger partial charge in [-0.15, -0.1) is 10.2 Å². The molecule has 4 atom stereocenters. The Hall–Kier alpha value is -2.25. The molecule has 0 amide bonds. The second kappa shape index (κ2) is 9.08. The lowest BCUT2D eigenvalue weighted by Gasteiger charge is -2.39. The molecule has 188 valence electrons. The van der Waals surface area contributed by atoms with Gasteiger partial charge in [-0.25, -0.2) is 0 Å². The van der Waals surface area contributed by atoms with E-state index in [0.717, 1.165) is 0 Å². The van der Waals surface area contributed by atoms with Gasteiger partial charge in [0.1, 0.15) is 0 Å². The van der Waals surface area contributed by atoms with Gasteiger partial charge < -0.3 is 14.8 Å². The van der Waals surface area contributed by atoms with Gasteiger partial charge in [-0.05, 0) is 55.2 Å². The number of hydrogen-bond acceptors (Lipinski definition) is 6. The van der Waals surface area contributed by atoms with Crippen LogP contribution in [0.2, 0.25) is 0 Å². The third kappa shape index (κ3) is 5.20. The minimum atomic E-state index is -4.89. The molecular formula is C21H25F6N5O2. The Morgan fingerprint density at radius 3 is 2.38 bits per heavy atom. The average molecular weight is 493 g/mol. The molecule has 0 aliphatic carbocycles. The largest absolute Gasteiger partial charge is 0.416 e. The molecule has 0 saturated carbocycles. The highest BCUT2D eigenvalue weighted by atomic mass is 19.4. The molecule has 1 aromatic carbocycles. The summed E-state index contributed by atoms with van der Waals surface area (Å²) < 4.78 is 89.8. The van der Waals surface area contributed by atoms with E-state index in [1.807, 2.05) is 6.92 Å². The summed E-state index contributed by atoms with van der Waals surface area (Å²) in [5.41, 5.74) is -3.40. The van der Waals surface area contributed by atoms with Crippen molar-refractivity contribution in [3.05, 3.63) is 40.7 Å². The van der Waals surface area contributed by atoms with E-state index in [1.165, 1.54) is 4.80 Å². The summed E-state index contributed by atoms with van der Waals surface area (Å²) in [6.07, 6.45) is -8.28. The molecule has 34 heavy (non-hydrogen) atoms. The van der Waals surface area contributed by atoms with Crippen LogP contribution in [-0.2, 0) is 35.0 Å². The van der Waals surface area contributed by atoms with Crippen molar-refractivity contribution in [2.24, 2.45) is 0 Å². The van der Waals surface area contributed by atoms with Gasteiger partial charge in [-0.1, -0.05) is 0 Å². The molecule has 2 saturated heterocycles. The average Bonchev–Trinajstić information content (AvgIpc) is 3.32. The number of nitrogens with one attached hydrogen (secondary N) is 1. The predicted octanol–water partition coefficient (Wildman–Crippen LogP) is 3.94. The molecule has 2 aliphatic rings. The van der Waals surface area contributed by atoms with Gasteiger partial charge in [0.25, 0.3) is 0 Å². The molecule has 13 heteroatoms. The summed E-state index contributed by atoms with van der Waals surface area (Å²) in [7, 11) is 1.58. The lowest BCUT2D eigenvalue weighted by atomic mass is 9.88. The number of hydrogen-bond donors (Lipinski definition) is 1. The summed E-state index contributed by atoms with van der Waals surface area (Å²) in [5, 5.41) is 16.1. The number of benzene rings is 1. The maximum Gasteiger partial charge on any atom is 0.416 e. The molecule has 3 heterocycles. The summed E-state index contributed by atoms with van der Waals surface area (Å²) in [4.78, 5) is 1.46. The van der Waals surface area contributed by atoms with Crippen LogP contribution in [0.1, 0.15) is 54.6 Å². The monoisotopic (exact) mass is 493 g/mol. The van der Waals surface area contributed by atoms with Crippen LogP contribution in [0.25, 0.3) is 0 Å². The van der Waals surface area contributed by atoms with E-state index < -0.39 is 35.1 Å². The van der Waals surface area contributed by atoms with Crippen LogP contribution in [0, 0.1) is 0 Å². The van der Waals surface area contributed by atoms with E-state index in [1.54, 1.807) is 7.11 Å². The van der Waals surface area contributed by atoms with Gasteiger partial charge >= 0.3 is 12.4 Å². The van der Waals surface area contributed by atoms with Gasteiger partial charge in [0.2, 0.25) is 0 Å². The van der Waals surface area contributed by atoms with Gasteiger partial charge in [-0.2, -0.15) is 31.1 Å². The van der Waals surface area contributed by atoms with Crippen molar-refractivity contribution in [3.8, 4) is 0 Å². The zero-order valence-corrected chi connectivity index (χ0v) is 18.6. The first kappa shape index (κ1) is 24.9. The lowest BCUT2D eigenvalue weighted by molar-refractivity contribution is -0.143. The summed E-state index contributed by atoms with van der Waals surface area (Å²) in [5.74, 6) is 0.561. The smallest absolute Gasteiger partial charge is 0.383 e. The van der Waals surface area contributed by atoms with E-state index in [9.17, 15) is 26.3 Å². The number of nitrogens with zero attached hydrogens (tertiary/aromatic N) is 4. The number of piperidine rings is 1. The highest BCUT2D eigenvalue weighted by Crippen LogP contribution is 2.45. The fourth-order valence-corrected chi connectivity index (χ4v) is 4.84. The van der Waals surface area contributed by atoms with E-state index in [4.69, 9.17) is 9.47 Å². The van der Waals surface area contributed by atoms with Crippen LogP contribution < -0.4 is 5.32 Å². The third-order valence-corrected chi connectivity index (χ3v) is 6.49. The number of rotatable bonds is 7. The highest BCUT2D eigenvalue weighted by molar-refractivity contribution is 5.33. The van der Waals surface area contributed by atoms with Crippen molar-refractivity contribution in [2.45, 2.75) is 75.3 Å². The highest BCUT2D eigenvalue weighted by Gasteiger charge is 2.52. The fourth-order valence-electron chi connectivity index (χ4n) is 4.84. The lowest BCUT2D eigenvalue weighted by Crippen LogP contribution is -2.54. The first-order chi connectivity index (χ1) is 15.9. The summed E-state index contributed by atoms with van der Waals surface area (Å²) in [6, 6.07) is 1.61. The van der Waals surface area contributed by atoms with Crippen molar-refractivity contribution in [3.63, 3.8) is 0 Å². The molecule has 7 nitrogen and oxygen atoms in total. The number of halogens is 6. The minimum Gasteiger partial charge on any atom is -0.383 e. The van der Waals surface area contributed by atoms with E-state index in [2.05, 4.69) is 20.7 Å². The number of alkyl halides is 6. The Balaban J connectivity index is 1.47. The molecule has 2 aliphatic heterocycles. The van der Waals surface area contributed by atoms with E-state index in [-0.39, 0.29) is 30.2 Å². The van der Waals surface area contributed by atoms with E-state index in [0.29, 0.717) is 50.4 Å². The second-order valence-corrected chi connectivity index (χ2v) is 9.01. The Morgan fingerprint density at radius 2 is 1.76 bits per heavy atom. The molecule has 1 N–H and O–H groups in total. The normalized spacial score (nSPS) is 27.4. The van der Waals surface area contributed by atoms with Crippen molar-refractivity contribution in [1.82, 2.24) is 25.5 Å². The molecule has 4 rings (SSSR count). The van der Waals surface area contributed by atoms with E-state index >= 15 is 0 Å². The van der Waals surface area contributed by atoms with Gasteiger partial charge in [-0.3, -0.25) is 0 Å². The van der Waals surface area contributed by atoms with Crippen LogP contribution in [-0.4, -0.2) is 51.6 Å². The number of aromatic nitrogens is 4. The quantitative estimate of drug-likeness (QED) is 0.590. The van der Waals surface area contributed by atoms with Gasteiger partial charge in [0.05, 0.1) is 37.0 Å². The van der Waals surface area contributed by atoms with Crippen LogP contribution in [0.4, 0.5) is 26.3 Å². The SMILES string of the molecule is COCCn1nnc(C2CC3(C)NC2CCC3OCc2cc(C(F)(F)F)cc(C(F)(F)F)c2)n1. The molecule has 0 spiro atoms. The second-order valence-electron chi connectivity index (χ2n) is 9.01.